The van der Waals surface area contributed by atoms with E-state index in [2.05, 4.69) is 19.7 Å². The molecule has 0 amide bonds. The van der Waals surface area contributed by atoms with Gasteiger partial charge in [0.15, 0.2) is 5.60 Å². The number of ether oxygens (including phenoxy) is 3. The monoisotopic (exact) mass is 237 g/mol. The molecule has 1 unspecified atom stereocenters. The van der Waals surface area contributed by atoms with E-state index in [-0.39, 0.29) is 13.2 Å². The Balaban J connectivity index is 4.39. The molecule has 17 heavy (non-hydrogen) atoms. The van der Waals surface area contributed by atoms with Gasteiger partial charge in [-0.15, -0.1) is 0 Å². The molecule has 0 aromatic rings. The van der Waals surface area contributed by atoms with Crippen molar-refractivity contribution in [3.63, 3.8) is 0 Å². The van der Waals surface area contributed by atoms with Gasteiger partial charge in [0.25, 0.3) is 6.26 Å². The van der Waals surface area contributed by atoms with Gasteiger partial charge in [0.2, 0.25) is 0 Å². The number of esters is 1. The second-order valence-corrected chi connectivity index (χ2v) is 3.41. The fourth-order valence-corrected chi connectivity index (χ4v) is 0.798. The van der Waals surface area contributed by atoms with Crippen molar-refractivity contribution in [1.82, 2.24) is 0 Å². The van der Waals surface area contributed by atoms with Crippen molar-refractivity contribution in [3.8, 4) is 6.26 Å². The lowest BCUT2D eigenvalue weighted by atomic mass is 10.1. The highest BCUT2D eigenvalue weighted by Gasteiger charge is 2.29. The van der Waals surface area contributed by atoms with E-state index in [4.69, 9.17) is 19.5 Å². The zero-order valence-electron chi connectivity index (χ0n) is 9.77. The highest BCUT2D eigenvalue weighted by Crippen LogP contribution is 2.13. The first-order valence-corrected chi connectivity index (χ1v) is 4.78. The van der Waals surface area contributed by atoms with Gasteiger partial charge in [-0.05, 0) is 13.0 Å². The molecule has 0 aromatic carbocycles. The largest absolute Gasteiger partial charge is 0.490 e. The summed E-state index contributed by atoms with van der Waals surface area (Å²) in [4.78, 5) is 10.9. The number of hydrogen-bond donors (Lipinski definition) is 0. The van der Waals surface area contributed by atoms with E-state index in [0.717, 1.165) is 6.08 Å². The Morgan fingerprint density at radius 2 is 1.94 bits per heavy atom. The van der Waals surface area contributed by atoms with Gasteiger partial charge < -0.3 is 14.2 Å². The van der Waals surface area contributed by atoms with E-state index in [0.29, 0.717) is 5.76 Å². The number of nitriles is 1. The first-order chi connectivity index (χ1) is 7.97. The molecule has 0 N–H and O–H groups in total. The Bertz CT molecular complexity index is 330. The number of carbonyl (C=O) groups excluding carboxylic acids is 1. The minimum atomic E-state index is -1.07. The average Bonchev–Trinajstić information content (AvgIpc) is 2.33. The number of rotatable bonds is 8. The van der Waals surface area contributed by atoms with Gasteiger partial charge in [0.05, 0.1) is 0 Å². The molecule has 5 heteroatoms. The molecular formula is C12H15NO4. The molecule has 0 fully saturated rings. The number of hydrogen-bond acceptors (Lipinski definition) is 5. The van der Waals surface area contributed by atoms with Gasteiger partial charge in [-0.1, -0.05) is 19.7 Å². The van der Waals surface area contributed by atoms with Gasteiger partial charge in [0, 0.05) is 6.08 Å². The fourth-order valence-electron chi connectivity index (χ4n) is 0.798. The van der Waals surface area contributed by atoms with Crippen LogP contribution in [0.15, 0.2) is 37.6 Å². The van der Waals surface area contributed by atoms with Crippen LogP contribution in [0.1, 0.15) is 6.92 Å². The van der Waals surface area contributed by atoms with Crippen molar-refractivity contribution in [2.75, 3.05) is 13.2 Å². The van der Waals surface area contributed by atoms with Gasteiger partial charge in [0.1, 0.15) is 19.0 Å². The van der Waals surface area contributed by atoms with Crippen LogP contribution in [0.4, 0.5) is 0 Å². The Morgan fingerprint density at radius 1 is 1.35 bits per heavy atom. The van der Waals surface area contributed by atoms with Crippen LogP contribution in [-0.4, -0.2) is 24.8 Å². The summed E-state index contributed by atoms with van der Waals surface area (Å²) >= 11 is 0. The van der Waals surface area contributed by atoms with Crippen molar-refractivity contribution < 1.29 is 19.0 Å². The Labute approximate surface area is 101 Å². The van der Waals surface area contributed by atoms with Gasteiger partial charge in [-0.2, -0.15) is 5.26 Å². The van der Waals surface area contributed by atoms with E-state index >= 15 is 0 Å². The maximum atomic E-state index is 10.9. The van der Waals surface area contributed by atoms with Crippen molar-refractivity contribution in [2.45, 2.75) is 12.5 Å². The minimum absolute atomic E-state index is 0.00976. The topological polar surface area (TPSA) is 68.6 Å². The van der Waals surface area contributed by atoms with E-state index in [1.54, 1.807) is 6.92 Å². The SMILES string of the molecule is C=CC(=C)OCC(C)(COC(=O)C=C)OC#N. The fraction of sp³-hybridized carbons (Fsp3) is 0.333. The Hall–Kier alpha value is -2.22. The minimum Gasteiger partial charge on any atom is -0.490 e. The van der Waals surface area contributed by atoms with E-state index in [9.17, 15) is 4.79 Å². The summed E-state index contributed by atoms with van der Waals surface area (Å²) in [5.41, 5.74) is -1.07. The number of carbonyl (C=O) groups is 1. The van der Waals surface area contributed by atoms with Gasteiger partial charge in [-0.3, -0.25) is 0 Å². The normalized spacial score (nSPS) is 12.5. The van der Waals surface area contributed by atoms with Crippen molar-refractivity contribution in [2.24, 2.45) is 0 Å². The molecule has 92 valence electrons. The molecule has 0 bridgehead atoms. The quantitative estimate of drug-likeness (QED) is 0.211. The van der Waals surface area contributed by atoms with E-state index < -0.39 is 11.6 Å². The Kier molecular flexibility index (Phi) is 6.19. The second-order valence-electron chi connectivity index (χ2n) is 3.41. The van der Waals surface area contributed by atoms with Crippen molar-refractivity contribution >= 4 is 5.97 Å². The van der Waals surface area contributed by atoms with E-state index in [1.807, 2.05) is 0 Å². The van der Waals surface area contributed by atoms with Crippen molar-refractivity contribution in [3.05, 3.63) is 37.6 Å². The van der Waals surface area contributed by atoms with E-state index in [1.165, 1.54) is 12.3 Å². The maximum Gasteiger partial charge on any atom is 0.330 e. The average molecular weight is 237 g/mol. The van der Waals surface area contributed by atoms with Crippen LogP contribution in [0.3, 0.4) is 0 Å². The van der Waals surface area contributed by atoms with Crippen LogP contribution in [0, 0.1) is 11.5 Å². The number of nitrogens with zero attached hydrogens (tertiary/aromatic N) is 1. The molecule has 0 aliphatic heterocycles. The molecule has 1 atom stereocenters. The molecular weight excluding hydrogens is 222 g/mol. The summed E-state index contributed by atoms with van der Waals surface area (Å²) in [6.07, 6.45) is 3.98. The molecule has 0 radical (unpaired) electrons. The molecule has 0 aromatic heterocycles. The summed E-state index contributed by atoms with van der Waals surface area (Å²) in [5, 5.41) is 8.52. The molecule has 0 saturated heterocycles. The zero-order valence-corrected chi connectivity index (χ0v) is 9.77. The van der Waals surface area contributed by atoms with Crippen LogP contribution < -0.4 is 0 Å². The molecule has 0 aliphatic rings. The first-order valence-electron chi connectivity index (χ1n) is 4.78. The van der Waals surface area contributed by atoms with Crippen LogP contribution in [0.2, 0.25) is 0 Å². The third-order valence-electron chi connectivity index (χ3n) is 1.77. The highest BCUT2D eigenvalue weighted by atomic mass is 16.6. The lowest BCUT2D eigenvalue weighted by Gasteiger charge is -2.25. The van der Waals surface area contributed by atoms with Crippen LogP contribution in [0.5, 0.6) is 0 Å². The van der Waals surface area contributed by atoms with Gasteiger partial charge >= 0.3 is 5.97 Å². The summed E-state index contributed by atoms with van der Waals surface area (Å²) in [5.74, 6) is -0.256. The molecule has 0 spiro atoms. The second kappa shape index (κ2) is 7.12. The molecule has 0 aliphatic carbocycles. The summed E-state index contributed by atoms with van der Waals surface area (Å²) in [6.45, 7) is 11.7. The third-order valence-corrected chi connectivity index (χ3v) is 1.77. The summed E-state index contributed by atoms with van der Waals surface area (Å²) in [6, 6.07) is 0. The first kappa shape index (κ1) is 14.8. The van der Waals surface area contributed by atoms with Gasteiger partial charge in [-0.25, -0.2) is 4.79 Å². The zero-order chi connectivity index (χ0) is 13.3. The van der Waals surface area contributed by atoms with Crippen LogP contribution >= 0.6 is 0 Å². The maximum absolute atomic E-state index is 10.9. The molecule has 0 rings (SSSR count). The third kappa shape index (κ3) is 6.05. The predicted molar refractivity (Wildman–Crippen MR) is 61.5 cm³/mol. The lowest BCUT2D eigenvalue weighted by Crippen LogP contribution is -2.38. The van der Waals surface area contributed by atoms with Crippen LogP contribution in [-0.2, 0) is 19.0 Å². The molecule has 5 nitrogen and oxygen atoms in total. The molecule has 0 saturated carbocycles. The van der Waals surface area contributed by atoms with Crippen molar-refractivity contribution in [1.29, 1.82) is 5.26 Å². The molecule has 0 heterocycles. The predicted octanol–water partition coefficient (Wildman–Crippen LogP) is 1.69. The summed E-state index contributed by atoms with van der Waals surface area (Å²) in [7, 11) is 0. The lowest BCUT2D eigenvalue weighted by molar-refractivity contribution is -0.147. The highest BCUT2D eigenvalue weighted by molar-refractivity contribution is 5.81. The number of allylic oxidation sites excluding steroid dienone is 1. The Morgan fingerprint density at radius 3 is 2.41 bits per heavy atom. The smallest absolute Gasteiger partial charge is 0.330 e. The standard InChI is InChI=1S/C12H15NO4/c1-5-10(3)15-7-12(4,17-9-13)8-16-11(14)6-2/h5-6H,1-3,7-8H2,4H3. The summed E-state index contributed by atoms with van der Waals surface area (Å²) < 4.78 is 14.8. The van der Waals surface area contributed by atoms with Crippen LogP contribution in [0.25, 0.3) is 0 Å².